The molecule has 3 rings (SSSR count). The molecule has 2 heterocycles. The Morgan fingerprint density at radius 3 is 2.30 bits per heavy atom. The van der Waals surface area contributed by atoms with Gasteiger partial charge in [0.25, 0.3) is 0 Å². The third kappa shape index (κ3) is 4.34. The van der Waals surface area contributed by atoms with Gasteiger partial charge in [0, 0.05) is 19.7 Å². The molecule has 0 unspecified atom stereocenters. The van der Waals surface area contributed by atoms with Crippen LogP contribution in [0.25, 0.3) is 0 Å². The smallest absolute Gasteiger partial charge is 0.378 e. The zero-order valence-electron chi connectivity index (χ0n) is 13.1. The zero-order chi connectivity index (χ0) is 16.3. The Morgan fingerprint density at radius 1 is 1.04 bits per heavy atom. The van der Waals surface area contributed by atoms with E-state index in [2.05, 4.69) is 10.2 Å². The maximum Gasteiger partial charge on any atom is 0.435 e. The Labute approximate surface area is 134 Å². The van der Waals surface area contributed by atoms with Crippen molar-refractivity contribution in [2.24, 2.45) is 5.92 Å². The fourth-order valence-corrected chi connectivity index (χ4v) is 3.35. The van der Waals surface area contributed by atoms with E-state index in [0.717, 1.165) is 38.6 Å². The van der Waals surface area contributed by atoms with Gasteiger partial charge < -0.3 is 9.64 Å². The molecule has 7 heteroatoms. The molecule has 128 valence electrons. The quantitative estimate of drug-likeness (QED) is 0.845. The minimum atomic E-state index is -4.44. The molecule has 0 N–H and O–H groups in total. The molecule has 0 radical (unpaired) electrons. The van der Waals surface area contributed by atoms with Crippen molar-refractivity contribution in [1.82, 2.24) is 10.2 Å². The summed E-state index contributed by atoms with van der Waals surface area (Å²) in [6.07, 6.45) is 2.78. The van der Waals surface area contributed by atoms with Crippen molar-refractivity contribution in [1.29, 1.82) is 0 Å². The van der Waals surface area contributed by atoms with Crippen molar-refractivity contribution in [2.45, 2.75) is 50.8 Å². The first-order valence-corrected chi connectivity index (χ1v) is 8.30. The van der Waals surface area contributed by atoms with Gasteiger partial charge in [0.2, 0.25) is 0 Å². The summed E-state index contributed by atoms with van der Waals surface area (Å²) in [4.78, 5) is 1.97. The molecule has 1 aromatic rings. The van der Waals surface area contributed by atoms with Crippen molar-refractivity contribution in [3.63, 3.8) is 0 Å². The van der Waals surface area contributed by atoms with Crippen molar-refractivity contribution in [2.75, 3.05) is 24.6 Å². The van der Waals surface area contributed by atoms with Crippen LogP contribution >= 0.6 is 0 Å². The van der Waals surface area contributed by atoms with Gasteiger partial charge in [-0.2, -0.15) is 13.2 Å². The summed E-state index contributed by atoms with van der Waals surface area (Å²) in [5.74, 6) is 1.22. The standard InChI is InChI=1S/C16H22F3N3O/c17-16(18,19)14-5-6-15(21-20-14)22-9-7-13(8-10-22)23-11-12-3-1-2-4-12/h5-6,12-13H,1-4,7-11H2. The van der Waals surface area contributed by atoms with Crippen molar-refractivity contribution in [3.05, 3.63) is 17.8 Å². The summed E-state index contributed by atoms with van der Waals surface area (Å²) in [5.41, 5.74) is -0.948. The average molecular weight is 329 g/mol. The lowest BCUT2D eigenvalue weighted by molar-refractivity contribution is -0.141. The number of aromatic nitrogens is 2. The second-order valence-corrected chi connectivity index (χ2v) is 6.44. The molecule has 23 heavy (non-hydrogen) atoms. The first-order valence-electron chi connectivity index (χ1n) is 8.30. The van der Waals surface area contributed by atoms with Crippen LogP contribution in [0.1, 0.15) is 44.2 Å². The maximum absolute atomic E-state index is 12.5. The van der Waals surface area contributed by atoms with E-state index in [0.29, 0.717) is 11.7 Å². The molecule has 1 saturated heterocycles. The van der Waals surface area contributed by atoms with Crippen molar-refractivity contribution in [3.8, 4) is 0 Å². The highest BCUT2D eigenvalue weighted by atomic mass is 19.4. The lowest BCUT2D eigenvalue weighted by Crippen LogP contribution is -2.38. The maximum atomic E-state index is 12.5. The third-order valence-corrected chi connectivity index (χ3v) is 4.75. The van der Waals surface area contributed by atoms with Crippen LogP contribution in [0.3, 0.4) is 0 Å². The number of ether oxygens (including phenoxy) is 1. The molecule has 2 aliphatic rings. The topological polar surface area (TPSA) is 38.2 Å². The third-order valence-electron chi connectivity index (χ3n) is 4.75. The number of halogens is 3. The lowest BCUT2D eigenvalue weighted by Gasteiger charge is -2.33. The summed E-state index contributed by atoms with van der Waals surface area (Å²) in [6, 6.07) is 2.39. The van der Waals surface area contributed by atoms with Crippen LogP contribution in [0.4, 0.5) is 19.0 Å². The van der Waals surface area contributed by atoms with Crippen LogP contribution in [-0.4, -0.2) is 36.0 Å². The number of nitrogens with zero attached hydrogens (tertiary/aromatic N) is 3. The highest BCUT2D eigenvalue weighted by Crippen LogP contribution is 2.29. The average Bonchev–Trinajstić information content (AvgIpc) is 3.06. The predicted molar refractivity (Wildman–Crippen MR) is 80.2 cm³/mol. The Kier molecular flexibility index (Phi) is 5.04. The highest BCUT2D eigenvalue weighted by molar-refractivity contribution is 5.38. The van der Waals surface area contributed by atoms with Crippen LogP contribution in [0.2, 0.25) is 0 Å². The van der Waals surface area contributed by atoms with Crippen LogP contribution in [-0.2, 0) is 10.9 Å². The Balaban J connectivity index is 1.46. The van der Waals surface area contributed by atoms with Crippen LogP contribution in [0.15, 0.2) is 12.1 Å². The summed E-state index contributed by atoms with van der Waals surface area (Å²) >= 11 is 0. The van der Waals surface area contributed by atoms with Crippen molar-refractivity contribution < 1.29 is 17.9 Å². The molecule has 1 saturated carbocycles. The Morgan fingerprint density at radius 2 is 1.74 bits per heavy atom. The molecule has 1 aromatic heterocycles. The van der Waals surface area contributed by atoms with Gasteiger partial charge in [-0.3, -0.25) is 0 Å². The minimum absolute atomic E-state index is 0.259. The van der Waals surface area contributed by atoms with Gasteiger partial charge in [0.05, 0.1) is 6.10 Å². The Hall–Kier alpha value is -1.37. The van der Waals surface area contributed by atoms with Crippen LogP contribution in [0.5, 0.6) is 0 Å². The van der Waals surface area contributed by atoms with E-state index in [1.54, 1.807) is 0 Å². The number of hydrogen-bond donors (Lipinski definition) is 0. The number of alkyl halides is 3. The van der Waals surface area contributed by atoms with E-state index >= 15 is 0 Å². The minimum Gasteiger partial charge on any atom is -0.378 e. The summed E-state index contributed by atoms with van der Waals surface area (Å²) in [7, 11) is 0. The molecular formula is C16H22F3N3O. The summed E-state index contributed by atoms with van der Waals surface area (Å²) in [6.45, 7) is 2.34. The van der Waals surface area contributed by atoms with Crippen LogP contribution in [0, 0.1) is 5.92 Å². The van der Waals surface area contributed by atoms with Gasteiger partial charge >= 0.3 is 6.18 Å². The first kappa shape index (κ1) is 16.5. The first-order chi connectivity index (χ1) is 11.0. The SMILES string of the molecule is FC(F)(F)c1ccc(N2CCC(OCC3CCCC3)CC2)nn1. The van der Waals surface area contributed by atoms with Crippen LogP contribution < -0.4 is 4.90 Å². The highest BCUT2D eigenvalue weighted by Gasteiger charge is 2.33. The molecule has 0 amide bonds. The van der Waals surface area contributed by atoms with Gasteiger partial charge in [-0.05, 0) is 43.7 Å². The molecular weight excluding hydrogens is 307 g/mol. The van der Waals surface area contributed by atoms with E-state index < -0.39 is 11.9 Å². The van der Waals surface area contributed by atoms with Gasteiger partial charge in [0.15, 0.2) is 11.5 Å². The fraction of sp³-hybridized carbons (Fsp3) is 0.750. The second kappa shape index (κ2) is 7.03. The van der Waals surface area contributed by atoms with Gasteiger partial charge in [-0.25, -0.2) is 0 Å². The molecule has 4 nitrogen and oxygen atoms in total. The van der Waals surface area contributed by atoms with Gasteiger partial charge in [-0.15, -0.1) is 10.2 Å². The summed E-state index contributed by atoms with van der Waals surface area (Å²) < 4.78 is 43.5. The molecule has 0 aromatic carbocycles. The lowest BCUT2D eigenvalue weighted by atomic mass is 10.1. The molecule has 1 aliphatic carbocycles. The van der Waals surface area contributed by atoms with E-state index in [4.69, 9.17) is 4.74 Å². The number of anilines is 1. The molecule has 1 aliphatic heterocycles. The molecule has 0 atom stereocenters. The largest absolute Gasteiger partial charge is 0.435 e. The predicted octanol–water partition coefficient (Wildman–Crippen LogP) is 3.67. The summed E-state index contributed by atoms with van der Waals surface area (Å²) in [5, 5.41) is 7.00. The van der Waals surface area contributed by atoms with Crippen molar-refractivity contribution >= 4 is 5.82 Å². The van der Waals surface area contributed by atoms with E-state index in [9.17, 15) is 13.2 Å². The monoisotopic (exact) mass is 329 g/mol. The fourth-order valence-electron chi connectivity index (χ4n) is 3.35. The number of piperidine rings is 1. The van der Waals surface area contributed by atoms with Gasteiger partial charge in [0.1, 0.15) is 0 Å². The van der Waals surface area contributed by atoms with E-state index in [1.165, 1.54) is 31.7 Å². The molecule has 2 fully saturated rings. The zero-order valence-corrected chi connectivity index (χ0v) is 13.1. The Bertz CT molecular complexity index is 492. The number of hydrogen-bond acceptors (Lipinski definition) is 4. The van der Waals surface area contributed by atoms with E-state index in [1.807, 2.05) is 4.90 Å². The normalized spacial score (nSPS) is 21.1. The molecule has 0 spiro atoms. The van der Waals surface area contributed by atoms with Gasteiger partial charge in [-0.1, -0.05) is 12.8 Å². The second-order valence-electron chi connectivity index (χ2n) is 6.44. The van der Waals surface area contributed by atoms with E-state index in [-0.39, 0.29) is 6.10 Å². The number of rotatable bonds is 4. The molecule has 0 bridgehead atoms.